The van der Waals surface area contributed by atoms with Crippen molar-refractivity contribution in [3.63, 3.8) is 0 Å². The summed E-state index contributed by atoms with van der Waals surface area (Å²) in [6, 6.07) is 19.4. The van der Waals surface area contributed by atoms with Crippen LogP contribution in [-0.2, 0) is 13.0 Å². The summed E-state index contributed by atoms with van der Waals surface area (Å²) in [7, 11) is 0. The summed E-state index contributed by atoms with van der Waals surface area (Å²) < 4.78 is 7.17. The van der Waals surface area contributed by atoms with E-state index in [9.17, 15) is 4.79 Å². The molecule has 1 N–H and O–H groups in total. The summed E-state index contributed by atoms with van der Waals surface area (Å²) >= 11 is 0. The SMILES string of the molecule is CCc1ccc2c(CNc3ccn(-c4ccccc4)n3)cc(=O)oc2c1. The Hall–Kier alpha value is -3.34. The van der Waals surface area contributed by atoms with Gasteiger partial charge in [-0.1, -0.05) is 37.3 Å². The molecule has 2 aromatic heterocycles. The average Bonchev–Trinajstić information content (AvgIpc) is 3.15. The summed E-state index contributed by atoms with van der Waals surface area (Å²) in [5, 5.41) is 8.76. The van der Waals surface area contributed by atoms with Crippen LogP contribution in [0.1, 0.15) is 18.1 Å². The second kappa shape index (κ2) is 6.88. The summed E-state index contributed by atoms with van der Waals surface area (Å²) in [5.74, 6) is 0.750. The van der Waals surface area contributed by atoms with Crippen LogP contribution in [0.25, 0.3) is 16.7 Å². The molecule has 5 heteroatoms. The highest BCUT2D eigenvalue weighted by molar-refractivity contribution is 5.81. The van der Waals surface area contributed by atoms with Gasteiger partial charge < -0.3 is 9.73 Å². The normalized spacial score (nSPS) is 11.0. The molecule has 130 valence electrons. The molecule has 0 radical (unpaired) electrons. The second-order valence-corrected chi connectivity index (χ2v) is 6.11. The minimum absolute atomic E-state index is 0.336. The molecule has 0 amide bonds. The first kappa shape index (κ1) is 16.1. The van der Waals surface area contributed by atoms with Crippen LogP contribution in [0.3, 0.4) is 0 Å². The molecule has 4 aromatic rings. The van der Waals surface area contributed by atoms with Crippen molar-refractivity contribution in [3.05, 3.63) is 88.4 Å². The first-order valence-electron chi connectivity index (χ1n) is 8.63. The van der Waals surface area contributed by atoms with Crippen molar-refractivity contribution in [3.8, 4) is 5.69 Å². The molecule has 0 aliphatic carbocycles. The number of anilines is 1. The number of para-hydroxylation sites is 1. The molecule has 0 spiro atoms. The predicted octanol–water partition coefficient (Wildman–Crippen LogP) is 4.15. The van der Waals surface area contributed by atoms with Crippen molar-refractivity contribution in [2.75, 3.05) is 5.32 Å². The highest BCUT2D eigenvalue weighted by atomic mass is 16.4. The zero-order valence-corrected chi connectivity index (χ0v) is 14.5. The lowest BCUT2D eigenvalue weighted by molar-refractivity contribution is 0.558. The molecule has 0 unspecified atom stereocenters. The van der Waals surface area contributed by atoms with Gasteiger partial charge >= 0.3 is 5.63 Å². The first-order valence-corrected chi connectivity index (χ1v) is 8.63. The van der Waals surface area contributed by atoms with E-state index in [0.29, 0.717) is 12.1 Å². The standard InChI is InChI=1S/C21H19N3O2/c1-2-15-8-9-18-16(13-21(25)26-19(18)12-15)14-22-20-10-11-24(23-20)17-6-4-3-5-7-17/h3-13H,2,14H2,1H3,(H,22,23). The summed E-state index contributed by atoms with van der Waals surface area (Å²) in [5.41, 5.74) is 3.33. The highest BCUT2D eigenvalue weighted by Crippen LogP contribution is 2.20. The van der Waals surface area contributed by atoms with E-state index in [1.165, 1.54) is 6.07 Å². The van der Waals surface area contributed by atoms with Crippen molar-refractivity contribution in [1.82, 2.24) is 9.78 Å². The van der Waals surface area contributed by atoms with Gasteiger partial charge in [-0.05, 0) is 35.7 Å². The van der Waals surface area contributed by atoms with Crippen molar-refractivity contribution in [2.24, 2.45) is 0 Å². The zero-order valence-electron chi connectivity index (χ0n) is 14.5. The summed E-state index contributed by atoms with van der Waals surface area (Å²) in [6.45, 7) is 2.58. The Balaban J connectivity index is 1.58. The molecular formula is C21H19N3O2. The van der Waals surface area contributed by atoms with Crippen molar-refractivity contribution in [2.45, 2.75) is 19.9 Å². The average molecular weight is 345 g/mol. The van der Waals surface area contributed by atoms with Crippen LogP contribution in [0.4, 0.5) is 5.82 Å². The van der Waals surface area contributed by atoms with Gasteiger partial charge in [0, 0.05) is 30.3 Å². The van der Waals surface area contributed by atoms with Crippen LogP contribution in [0.15, 0.2) is 76.1 Å². The van der Waals surface area contributed by atoms with E-state index in [0.717, 1.165) is 34.4 Å². The first-order chi connectivity index (χ1) is 12.7. The van der Waals surface area contributed by atoms with E-state index < -0.39 is 0 Å². The molecule has 0 saturated heterocycles. The third-order valence-corrected chi connectivity index (χ3v) is 4.37. The lowest BCUT2D eigenvalue weighted by Crippen LogP contribution is -2.06. The molecule has 2 heterocycles. The number of nitrogens with one attached hydrogen (secondary N) is 1. The van der Waals surface area contributed by atoms with Crippen LogP contribution in [0, 0.1) is 0 Å². The lowest BCUT2D eigenvalue weighted by Gasteiger charge is -2.08. The fourth-order valence-electron chi connectivity index (χ4n) is 2.97. The van der Waals surface area contributed by atoms with E-state index in [1.807, 2.05) is 59.4 Å². The topological polar surface area (TPSA) is 60.1 Å². The van der Waals surface area contributed by atoms with E-state index in [1.54, 1.807) is 0 Å². The largest absolute Gasteiger partial charge is 0.423 e. The van der Waals surface area contributed by atoms with Gasteiger partial charge in [0.25, 0.3) is 0 Å². The molecule has 5 nitrogen and oxygen atoms in total. The van der Waals surface area contributed by atoms with E-state index in [-0.39, 0.29) is 5.63 Å². The van der Waals surface area contributed by atoms with Crippen LogP contribution >= 0.6 is 0 Å². The fraction of sp³-hybridized carbons (Fsp3) is 0.143. The maximum atomic E-state index is 11.9. The van der Waals surface area contributed by atoms with Crippen LogP contribution in [0.2, 0.25) is 0 Å². The van der Waals surface area contributed by atoms with Gasteiger partial charge in [0.05, 0.1) is 5.69 Å². The van der Waals surface area contributed by atoms with Gasteiger partial charge in [-0.25, -0.2) is 9.48 Å². The van der Waals surface area contributed by atoms with Gasteiger partial charge in [-0.2, -0.15) is 5.10 Å². The minimum Gasteiger partial charge on any atom is -0.423 e. The van der Waals surface area contributed by atoms with E-state index >= 15 is 0 Å². The number of benzene rings is 2. The van der Waals surface area contributed by atoms with Gasteiger partial charge in [-0.3, -0.25) is 0 Å². The van der Waals surface area contributed by atoms with Crippen LogP contribution in [-0.4, -0.2) is 9.78 Å². The molecule has 0 fully saturated rings. The summed E-state index contributed by atoms with van der Waals surface area (Å²) in [6.07, 6.45) is 2.81. The minimum atomic E-state index is -0.336. The van der Waals surface area contributed by atoms with Gasteiger partial charge in [-0.15, -0.1) is 0 Å². The summed E-state index contributed by atoms with van der Waals surface area (Å²) in [4.78, 5) is 11.9. The monoisotopic (exact) mass is 345 g/mol. The predicted molar refractivity (Wildman–Crippen MR) is 103 cm³/mol. The molecule has 0 atom stereocenters. The molecule has 4 rings (SSSR count). The number of aryl methyl sites for hydroxylation is 1. The second-order valence-electron chi connectivity index (χ2n) is 6.11. The van der Waals surface area contributed by atoms with Crippen molar-refractivity contribution >= 4 is 16.8 Å². The Morgan fingerprint density at radius 2 is 1.92 bits per heavy atom. The Morgan fingerprint density at radius 3 is 2.73 bits per heavy atom. The molecule has 26 heavy (non-hydrogen) atoms. The molecule has 0 bridgehead atoms. The van der Waals surface area contributed by atoms with Gasteiger partial charge in [0.1, 0.15) is 11.4 Å². The Kier molecular flexibility index (Phi) is 4.27. The van der Waals surface area contributed by atoms with Gasteiger partial charge in [0.2, 0.25) is 0 Å². The molecule has 0 aliphatic rings. The maximum absolute atomic E-state index is 11.9. The fourth-order valence-corrected chi connectivity index (χ4v) is 2.97. The molecule has 0 aliphatic heterocycles. The Labute approximate surface area is 150 Å². The van der Waals surface area contributed by atoms with E-state index in [2.05, 4.69) is 23.4 Å². The van der Waals surface area contributed by atoms with Crippen LogP contribution in [0.5, 0.6) is 0 Å². The lowest BCUT2D eigenvalue weighted by atomic mass is 10.1. The molecule has 0 saturated carbocycles. The number of aromatic nitrogens is 2. The van der Waals surface area contributed by atoms with E-state index in [4.69, 9.17) is 4.42 Å². The maximum Gasteiger partial charge on any atom is 0.336 e. The number of nitrogens with zero attached hydrogens (tertiary/aromatic N) is 2. The van der Waals surface area contributed by atoms with Crippen LogP contribution < -0.4 is 10.9 Å². The highest BCUT2D eigenvalue weighted by Gasteiger charge is 2.07. The Bertz CT molecular complexity index is 1100. The number of fused-ring (bicyclic) bond motifs is 1. The third kappa shape index (κ3) is 3.24. The number of hydrogen-bond acceptors (Lipinski definition) is 4. The van der Waals surface area contributed by atoms with Gasteiger partial charge in [0.15, 0.2) is 0 Å². The Morgan fingerprint density at radius 1 is 1.08 bits per heavy atom. The molecule has 2 aromatic carbocycles. The third-order valence-electron chi connectivity index (χ3n) is 4.37. The van der Waals surface area contributed by atoms with Crippen molar-refractivity contribution < 1.29 is 4.42 Å². The number of rotatable bonds is 5. The molecular weight excluding hydrogens is 326 g/mol. The number of hydrogen-bond donors (Lipinski definition) is 1. The zero-order chi connectivity index (χ0) is 17.9. The quantitative estimate of drug-likeness (QED) is 0.552. The smallest absolute Gasteiger partial charge is 0.336 e. The van der Waals surface area contributed by atoms with Crippen molar-refractivity contribution in [1.29, 1.82) is 0 Å².